The fourth-order valence-corrected chi connectivity index (χ4v) is 4.49. The molecular formula is C25H18BrCl2NO3. The van der Waals surface area contributed by atoms with Crippen LogP contribution in [0.5, 0.6) is 5.75 Å². The molecule has 7 heteroatoms. The average molecular weight is 531 g/mol. The lowest BCUT2D eigenvalue weighted by Gasteiger charge is -2.17. The molecule has 0 saturated heterocycles. The number of aromatic nitrogens is 1. The van der Waals surface area contributed by atoms with E-state index in [0.29, 0.717) is 22.4 Å². The number of benzene rings is 3. The quantitative estimate of drug-likeness (QED) is 0.276. The predicted molar refractivity (Wildman–Crippen MR) is 131 cm³/mol. The van der Waals surface area contributed by atoms with Crippen molar-refractivity contribution in [3.8, 4) is 22.7 Å². The molecule has 1 N–H and O–H groups in total. The molecule has 4 rings (SSSR count). The van der Waals surface area contributed by atoms with Crippen LogP contribution in [0, 0.1) is 6.92 Å². The van der Waals surface area contributed by atoms with Gasteiger partial charge in [-0.25, -0.2) is 4.79 Å². The SMILES string of the molecule is Cc1ccc(-c2cc(Br)ccc2OCc2cc(Cl)cc(Cl)c2)n1-c1cccc(C(=O)O)c1. The zero-order valence-corrected chi connectivity index (χ0v) is 20.1. The van der Waals surface area contributed by atoms with Crippen LogP contribution in [-0.2, 0) is 6.61 Å². The van der Waals surface area contributed by atoms with Gasteiger partial charge in [-0.15, -0.1) is 0 Å². The second kappa shape index (κ2) is 9.41. The number of aromatic carboxylic acids is 1. The van der Waals surface area contributed by atoms with Gasteiger partial charge in [0.05, 0.1) is 11.3 Å². The van der Waals surface area contributed by atoms with Crippen molar-refractivity contribution in [2.45, 2.75) is 13.5 Å². The number of carbonyl (C=O) groups is 1. The largest absolute Gasteiger partial charge is 0.488 e. The van der Waals surface area contributed by atoms with Gasteiger partial charge in [-0.05, 0) is 79.2 Å². The van der Waals surface area contributed by atoms with Crippen LogP contribution in [0.3, 0.4) is 0 Å². The Morgan fingerprint density at radius 1 is 1.00 bits per heavy atom. The van der Waals surface area contributed by atoms with Gasteiger partial charge < -0.3 is 14.4 Å². The fraction of sp³-hybridized carbons (Fsp3) is 0.0800. The highest BCUT2D eigenvalue weighted by Crippen LogP contribution is 2.36. The van der Waals surface area contributed by atoms with Crippen molar-refractivity contribution in [2.75, 3.05) is 0 Å². The molecule has 162 valence electrons. The lowest BCUT2D eigenvalue weighted by Crippen LogP contribution is -2.04. The van der Waals surface area contributed by atoms with E-state index in [1.165, 1.54) is 0 Å². The van der Waals surface area contributed by atoms with Crippen LogP contribution < -0.4 is 4.74 Å². The summed E-state index contributed by atoms with van der Waals surface area (Å²) >= 11 is 15.8. The first-order valence-electron chi connectivity index (χ1n) is 9.71. The Balaban J connectivity index is 1.76. The summed E-state index contributed by atoms with van der Waals surface area (Å²) in [5.41, 5.74) is 4.55. The van der Waals surface area contributed by atoms with Gasteiger partial charge >= 0.3 is 5.97 Å². The third-order valence-corrected chi connectivity index (χ3v) is 5.89. The van der Waals surface area contributed by atoms with E-state index < -0.39 is 5.97 Å². The molecule has 3 aromatic carbocycles. The smallest absolute Gasteiger partial charge is 0.335 e. The summed E-state index contributed by atoms with van der Waals surface area (Å²) in [6, 6.07) is 21.9. The lowest BCUT2D eigenvalue weighted by atomic mass is 10.1. The number of rotatable bonds is 6. The Kier molecular flexibility index (Phi) is 6.60. The number of nitrogens with zero attached hydrogens (tertiary/aromatic N) is 1. The first kappa shape index (κ1) is 22.5. The van der Waals surface area contributed by atoms with Crippen molar-refractivity contribution in [1.29, 1.82) is 0 Å². The topological polar surface area (TPSA) is 51.5 Å². The molecule has 0 fully saturated rings. The van der Waals surface area contributed by atoms with Gasteiger partial charge in [-0.2, -0.15) is 0 Å². The zero-order valence-electron chi connectivity index (χ0n) is 17.0. The Labute approximate surface area is 204 Å². The predicted octanol–water partition coefficient (Wildman–Crippen LogP) is 7.80. The van der Waals surface area contributed by atoms with Crippen molar-refractivity contribution in [3.63, 3.8) is 0 Å². The van der Waals surface area contributed by atoms with E-state index >= 15 is 0 Å². The van der Waals surface area contributed by atoms with E-state index in [0.717, 1.165) is 32.7 Å². The summed E-state index contributed by atoms with van der Waals surface area (Å²) < 4.78 is 9.07. The maximum absolute atomic E-state index is 11.5. The van der Waals surface area contributed by atoms with Gasteiger partial charge in [0.15, 0.2) is 0 Å². The molecular weight excluding hydrogens is 513 g/mol. The highest BCUT2D eigenvalue weighted by Gasteiger charge is 2.16. The minimum Gasteiger partial charge on any atom is -0.488 e. The molecule has 1 heterocycles. The molecule has 0 bridgehead atoms. The Hall–Kier alpha value is -2.73. The van der Waals surface area contributed by atoms with Crippen LogP contribution in [0.15, 0.2) is 77.3 Å². The molecule has 0 spiro atoms. The van der Waals surface area contributed by atoms with E-state index in [1.807, 2.05) is 60.0 Å². The standard InChI is InChI=1S/C25H18BrCl2NO3/c1-15-5-7-23(29(15)21-4-2-3-17(11-21)25(30)31)22-12-18(26)6-8-24(22)32-14-16-9-19(27)13-20(28)10-16/h2-13H,14H2,1H3,(H,30,31). The molecule has 0 aliphatic heterocycles. The number of ether oxygens (including phenoxy) is 1. The second-order valence-corrected chi connectivity index (χ2v) is 9.05. The monoisotopic (exact) mass is 529 g/mol. The Morgan fingerprint density at radius 3 is 2.47 bits per heavy atom. The van der Waals surface area contributed by atoms with E-state index in [9.17, 15) is 9.90 Å². The molecule has 4 nitrogen and oxygen atoms in total. The van der Waals surface area contributed by atoms with E-state index in [4.69, 9.17) is 27.9 Å². The summed E-state index contributed by atoms with van der Waals surface area (Å²) in [7, 11) is 0. The molecule has 0 aliphatic carbocycles. The van der Waals surface area contributed by atoms with Gasteiger partial charge in [0.2, 0.25) is 0 Å². The molecule has 0 radical (unpaired) electrons. The fourth-order valence-electron chi connectivity index (χ4n) is 3.55. The molecule has 32 heavy (non-hydrogen) atoms. The van der Waals surface area contributed by atoms with Crippen molar-refractivity contribution in [2.24, 2.45) is 0 Å². The lowest BCUT2D eigenvalue weighted by molar-refractivity contribution is 0.0697. The molecule has 0 amide bonds. The molecule has 4 aromatic rings. The van der Waals surface area contributed by atoms with E-state index in [1.54, 1.807) is 24.3 Å². The van der Waals surface area contributed by atoms with Gasteiger partial charge in [0.1, 0.15) is 12.4 Å². The first-order valence-corrected chi connectivity index (χ1v) is 11.3. The summed E-state index contributed by atoms with van der Waals surface area (Å²) in [4.78, 5) is 11.5. The summed E-state index contributed by atoms with van der Waals surface area (Å²) in [6.45, 7) is 2.27. The van der Waals surface area contributed by atoms with Crippen LogP contribution in [0.4, 0.5) is 0 Å². The van der Waals surface area contributed by atoms with Crippen LogP contribution in [0.25, 0.3) is 16.9 Å². The summed E-state index contributed by atoms with van der Waals surface area (Å²) in [5, 5.41) is 10.5. The maximum Gasteiger partial charge on any atom is 0.335 e. The number of hydrogen-bond acceptors (Lipinski definition) is 2. The normalized spacial score (nSPS) is 10.9. The Morgan fingerprint density at radius 2 is 1.75 bits per heavy atom. The van der Waals surface area contributed by atoms with Crippen LogP contribution >= 0.6 is 39.1 Å². The molecule has 0 aliphatic rings. The molecule has 0 saturated carbocycles. The zero-order chi connectivity index (χ0) is 22.8. The van der Waals surface area contributed by atoms with Gasteiger partial charge in [0.25, 0.3) is 0 Å². The van der Waals surface area contributed by atoms with Gasteiger partial charge in [0, 0.05) is 31.5 Å². The summed E-state index contributed by atoms with van der Waals surface area (Å²) in [5.74, 6) is -0.289. The minimum absolute atomic E-state index is 0.227. The van der Waals surface area contributed by atoms with Crippen LogP contribution in [0.1, 0.15) is 21.6 Å². The Bertz CT molecular complexity index is 1300. The van der Waals surface area contributed by atoms with Crippen LogP contribution in [0.2, 0.25) is 10.0 Å². The number of aryl methyl sites for hydroxylation is 1. The second-order valence-electron chi connectivity index (χ2n) is 7.26. The maximum atomic E-state index is 11.5. The number of carboxylic acid groups (broad SMARTS) is 1. The first-order chi connectivity index (χ1) is 15.3. The minimum atomic E-state index is -0.968. The number of hydrogen-bond donors (Lipinski definition) is 1. The number of carboxylic acids is 1. The van der Waals surface area contributed by atoms with Gasteiger partial charge in [-0.3, -0.25) is 0 Å². The summed E-state index contributed by atoms with van der Waals surface area (Å²) in [6.07, 6.45) is 0. The highest BCUT2D eigenvalue weighted by atomic mass is 79.9. The van der Waals surface area contributed by atoms with E-state index in [-0.39, 0.29) is 5.56 Å². The average Bonchev–Trinajstić information content (AvgIpc) is 3.13. The van der Waals surface area contributed by atoms with Crippen molar-refractivity contribution >= 4 is 45.1 Å². The van der Waals surface area contributed by atoms with Gasteiger partial charge in [-0.1, -0.05) is 45.2 Å². The van der Waals surface area contributed by atoms with Crippen LogP contribution in [-0.4, -0.2) is 15.6 Å². The van der Waals surface area contributed by atoms with Crippen molar-refractivity contribution in [3.05, 3.63) is 104 Å². The molecule has 0 unspecified atom stereocenters. The molecule has 0 atom stereocenters. The third-order valence-electron chi connectivity index (χ3n) is 4.96. The highest BCUT2D eigenvalue weighted by molar-refractivity contribution is 9.10. The van der Waals surface area contributed by atoms with E-state index in [2.05, 4.69) is 15.9 Å². The number of halogens is 3. The van der Waals surface area contributed by atoms with Crippen molar-refractivity contribution in [1.82, 2.24) is 4.57 Å². The van der Waals surface area contributed by atoms with Crippen molar-refractivity contribution < 1.29 is 14.6 Å². The molecule has 1 aromatic heterocycles. The third kappa shape index (κ3) is 4.85.